The Morgan fingerprint density at radius 1 is 1.47 bits per heavy atom. The maximum Gasteiger partial charge on any atom is 0.223 e. The van der Waals surface area contributed by atoms with E-state index in [-0.39, 0.29) is 18.6 Å². The van der Waals surface area contributed by atoms with Crippen LogP contribution in [0.1, 0.15) is 38.5 Å². The van der Waals surface area contributed by atoms with Crippen molar-refractivity contribution in [2.45, 2.75) is 44.6 Å². The van der Waals surface area contributed by atoms with Gasteiger partial charge in [0, 0.05) is 19.4 Å². The maximum absolute atomic E-state index is 11.8. The van der Waals surface area contributed by atoms with Crippen molar-refractivity contribution in [3.05, 3.63) is 0 Å². The lowest BCUT2D eigenvalue weighted by Crippen LogP contribution is -2.41. The fourth-order valence-corrected chi connectivity index (χ4v) is 2.02. The van der Waals surface area contributed by atoms with Crippen LogP contribution < -0.4 is 0 Å². The number of hydrogen-bond acceptors (Lipinski definition) is 2. The number of aliphatic hydroxyl groups is 1. The molecule has 0 aromatic carbocycles. The predicted octanol–water partition coefficient (Wildman–Crippen LogP) is 1.16. The summed E-state index contributed by atoms with van der Waals surface area (Å²) in [5.74, 6) is 2.57. The average molecular weight is 209 g/mol. The molecule has 0 aromatic heterocycles. The molecule has 1 atom stereocenters. The van der Waals surface area contributed by atoms with Crippen molar-refractivity contribution < 1.29 is 9.90 Å². The van der Waals surface area contributed by atoms with Crippen molar-refractivity contribution in [3.63, 3.8) is 0 Å². The Balaban J connectivity index is 2.54. The van der Waals surface area contributed by atoms with E-state index >= 15 is 0 Å². The Morgan fingerprint density at radius 2 is 2.27 bits per heavy atom. The molecule has 0 bridgehead atoms. The monoisotopic (exact) mass is 209 g/mol. The molecule has 1 saturated heterocycles. The van der Waals surface area contributed by atoms with Crippen molar-refractivity contribution in [1.29, 1.82) is 0 Å². The van der Waals surface area contributed by atoms with Gasteiger partial charge in [-0.25, -0.2) is 0 Å². The molecule has 1 fully saturated rings. The molecule has 3 nitrogen and oxygen atoms in total. The highest BCUT2D eigenvalue weighted by Crippen LogP contribution is 2.17. The van der Waals surface area contributed by atoms with E-state index in [9.17, 15) is 9.90 Å². The minimum absolute atomic E-state index is 0.0118. The second-order valence-electron chi connectivity index (χ2n) is 3.98. The average Bonchev–Trinajstić information content (AvgIpc) is 2.50. The van der Waals surface area contributed by atoms with Crippen LogP contribution >= 0.6 is 0 Å². The molecule has 1 aliphatic rings. The van der Waals surface area contributed by atoms with Gasteiger partial charge in [0.2, 0.25) is 5.91 Å². The van der Waals surface area contributed by atoms with Gasteiger partial charge in [0.15, 0.2) is 0 Å². The van der Waals surface area contributed by atoms with E-state index < -0.39 is 0 Å². The van der Waals surface area contributed by atoms with Crippen LogP contribution in [0.5, 0.6) is 0 Å². The van der Waals surface area contributed by atoms with Crippen LogP contribution in [-0.2, 0) is 4.79 Å². The number of likely N-dealkylation sites (tertiary alicyclic amines) is 1. The van der Waals surface area contributed by atoms with Crippen LogP contribution in [-0.4, -0.2) is 35.1 Å². The normalized spacial score (nSPS) is 21.9. The van der Waals surface area contributed by atoms with E-state index in [0.717, 1.165) is 32.2 Å². The van der Waals surface area contributed by atoms with E-state index in [1.54, 1.807) is 0 Å². The van der Waals surface area contributed by atoms with Crippen molar-refractivity contribution in [3.8, 4) is 12.3 Å². The third-order valence-corrected chi connectivity index (χ3v) is 2.89. The van der Waals surface area contributed by atoms with E-state index in [1.165, 1.54) is 0 Å². The number of rotatable bonds is 3. The minimum atomic E-state index is 0.0118. The van der Waals surface area contributed by atoms with Gasteiger partial charge in [-0.1, -0.05) is 12.8 Å². The summed E-state index contributed by atoms with van der Waals surface area (Å²) in [6.07, 6.45) is 10.2. The number of nitrogens with zero attached hydrogens (tertiary/aromatic N) is 1. The molecular weight excluding hydrogens is 190 g/mol. The molecule has 3 heteroatoms. The summed E-state index contributed by atoms with van der Waals surface area (Å²) < 4.78 is 0. The Labute approximate surface area is 91.5 Å². The van der Waals surface area contributed by atoms with Gasteiger partial charge >= 0.3 is 0 Å². The summed E-state index contributed by atoms with van der Waals surface area (Å²) in [7, 11) is 0. The van der Waals surface area contributed by atoms with Gasteiger partial charge < -0.3 is 10.0 Å². The minimum Gasteiger partial charge on any atom is -0.394 e. The van der Waals surface area contributed by atoms with Crippen LogP contribution in [0.3, 0.4) is 0 Å². The van der Waals surface area contributed by atoms with E-state index in [4.69, 9.17) is 6.42 Å². The zero-order chi connectivity index (χ0) is 11.1. The van der Waals surface area contributed by atoms with Crippen LogP contribution in [0, 0.1) is 12.3 Å². The third-order valence-electron chi connectivity index (χ3n) is 2.89. The molecular formula is C12H19NO2. The number of carbonyl (C=O) groups is 1. The van der Waals surface area contributed by atoms with Crippen molar-refractivity contribution >= 4 is 5.91 Å². The highest BCUT2D eigenvalue weighted by Gasteiger charge is 2.23. The Morgan fingerprint density at radius 3 is 2.93 bits per heavy atom. The summed E-state index contributed by atoms with van der Waals surface area (Å²) >= 11 is 0. The quantitative estimate of drug-likeness (QED) is 0.709. The highest BCUT2D eigenvalue weighted by atomic mass is 16.3. The first-order valence-corrected chi connectivity index (χ1v) is 5.63. The molecule has 84 valence electrons. The van der Waals surface area contributed by atoms with Gasteiger partial charge in [0.1, 0.15) is 0 Å². The number of amides is 1. The summed E-state index contributed by atoms with van der Waals surface area (Å²) in [6.45, 7) is 0.844. The Kier molecular flexibility index (Phi) is 5.20. The van der Waals surface area contributed by atoms with Crippen LogP contribution in [0.4, 0.5) is 0 Å². The molecule has 1 rings (SSSR count). The summed E-state index contributed by atoms with van der Waals surface area (Å²) in [5, 5.41) is 9.23. The molecule has 0 spiro atoms. The van der Waals surface area contributed by atoms with Crippen molar-refractivity contribution in [2.75, 3.05) is 13.2 Å². The summed E-state index contributed by atoms with van der Waals surface area (Å²) in [5.41, 5.74) is 0. The zero-order valence-corrected chi connectivity index (χ0v) is 9.11. The Bertz CT molecular complexity index is 244. The van der Waals surface area contributed by atoms with Gasteiger partial charge in [0.05, 0.1) is 12.6 Å². The first kappa shape index (κ1) is 12.1. The first-order valence-electron chi connectivity index (χ1n) is 5.63. The molecule has 0 aliphatic carbocycles. The smallest absolute Gasteiger partial charge is 0.223 e. The standard InChI is InChI=1S/C12H19NO2/c1-2-3-8-12(15)13-9-6-4-5-7-11(13)10-14/h1,11,14H,3-10H2. The van der Waals surface area contributed by atoms with Gasteiger partial charge in [-0.05, 0) is 12.8 Å². The van der Waals surface area contributed by atoms with Gasteiger partial charge in [-0.3, -0.25) is 4.79 Å². The lowest BCUT2D eigenvalue weighted by molar-refractivity contribution is -0.134. The second kappa shape index (κ2) is 6.47. The number of terminal acetylenes is 1. The van der Waals surface area contributed by atoms with Crippen LogP contribution in [0.15, 0.2) is 0 Å². The van der Waals surface area contributed by atoms with Crippen LogP contribution in [0.25, 0.3) is 0 Å². The third kappa shape index (κ3) is 3.56. The van der Waals surface area contributed by atoms with E-state index in [2.05, 4.69) is 5.92 Å². The molecule has 1 unspecified atom stereocenters. The van der Waals surface area contributed by atoms with Crippen molar-refractivity contribution in [2.24, 2.45) is 0 Å². The van der Waals surface area contributed by atoms with E-state index in [1.807, 2.05) is 4.90 Å². The molecule has 1 amide bonds. The number of carbonyl (C=O) groups excluding carboxylic acids is 1. The zero-order valence-electron chi connectivity index (χ0n) is 9.11. The number of aliphatic hydroxyl groups excluding tert-OH is 1. The first-order chi connectivity index (χ1) is 7.29. The van der Waals surface area contributed by atoms with Crippen molar-refractivity contribution in [1.82, 2.24) is 4.90 Å². The molecule has 1 heterocycles. The molecule has 1 aliphatic heterocycles. The molecule has 0 radical (unpaired) electrons. The molecule has 1 N–H and O–H groups in total. The van der Waals surface area contributed by atoms with Gasteiger partial charge in [-0.2, -0.15) is 0 Å². The fourth-order valence-electron chi connectivity index (χ4n) is 2.02. The SMILES string of the molecule is C#CCCC(=O)N1CCCCCC1CO. The number of hydrogen-bond donors (Lipinski definition) is 1. The summed E-state index contributed by atoms with van der Waals surface area (Å²) in [4.78, 5) is 13.6. The molecule has 0 saturated carbocycles. The van der Waals surface area contributed by atoms with Gasteiger partial charge in [0.25, 0.3) is 0 Å². The second-order valence-corrected chi connectivity index (χ2v) is 3.98. The largest absolute Gasteiger partial charge is 0.394 e. The highest BCUT2D eigenvalue weighted by molar-refractivity contribution is 5.76. The topological polar surface area (TPSA) is 40.5 Å². The Hall–Kier alpha value is -1.01. The fraction of sp³-hybridized carbons (Fsp3) is 0.750. The van der Waals surface area contributed by atoms with E-state index in [0.29, 0.717) is 12.8 Å². The lowest BCUT2D eigenvalue weighted by atomic mass is 10.1. The lowest BCUT2D eigenvalue weighted by Gasteiger charge is -2.28. The van der Waals surface area contributed by atoms with Crippen LogP contribution in [0.2, 0.25) is 0 Å². The molecule has 15 heavy (non-hydrogen) atoms. The molecule has 0 aromatic rings. The predicted molar refractivity (Wildman–Crippen MR) is 59.1 cm³/mol. The van der Waals surface area contributed by atoms with Gasteiger partial charge in [-0.15, -0.1) is 12.3 Å². The maximum atomic E-state index is 11.8. The summed E-state index contributed by atoms with van der Waals surface area (Å²) in [6, 6.07) is 0.0118.